The van der Waals surface area contributed by atoms with Crippen molar-refractivity contribution in [2.75, 3.05) is 11.9 Å². The van der Waals surface area contributed by atoms with Gasteiger partial charge in [-0.05, 0) is 39.3 Å². The summed E-state index contributed by atoms with van der Waals surface area (Å²) in [6.07, 6.45) is 0.420. The van der Waals surface area contributed by atoms with Crippen molar-refractivity contribution in [3.05, 3.63) is 65.2 Å². The molecule has 1 aliphatic rings. The summed E-state index contributed by atoms with van der Waals surface area (Å²) in [4.78, 5) is 26.4. The van der Waals surface area contributed by atoms with Crippen molar-refractivity contribution in [2.24, 2.45) is 0 Å². The molecule has 0 aliphatic carbocycles. The molecule has 4 heteroatoms. The van der Waals surface area contributed by atoms with Gasteiger partial charge in [-0.1, -0.05) is 48.0 Å². The predicted molar refractivity (Wildman–Crippen MR) is 98.3 cm³/mol. The summed E-state index contributed by atoms with van der Waals surface area (Å²) in [5.74, 6) is -0.112. The highest BCUT2D eigenvalue weighted by Gasteiger charge is 2.52. The molecule has 25 heavy (non-hydrogen) atoms. The summed E-state index contributed by atoms with van der Waals surface area (Å²) in [5, 5.41) is 0. The minimum atomic E-state index is -1.17. The maximum atomic E-state index is 13.2. The number of likely N-dealkylation sites (N-methyl/N-ethyl adjacent to an activating group) is 1. The molecule has 0 saturated carbocycles. The second-order valence-electron chi connectivity index (χ2n) is 7.65. The number of fused-ring (bicyclic) bond motifs is 1. The molecule has 2 aromatic rings. The molecule has 0 saturated heterocycles. The quantitative estimate of drug-likeness (QED) is 0.620. The summed E-state index contributed by atoms with van der Waals surface area (Å²) in [6, 6.07) is 15.9. The average molecular weight is 339 g/mol. The maximum absolute atomic E-state index is 13.2. The molecule has 1 unspecified atom stereocenters. The van der Waals surface area contributed by atoms with Gasteiger partial charge in [0.1, 0.15) is 0 Å². The van der Waals surface area contributed by atoms with Crippen LogP contribution in [0.2, 0.25) is 0 Å². The number of para-hydroxylation sites is 1. The number of amides is 1. The number of hydrogen-bond acceptors (Lipinski definition) is 3. The largest absolute Gasteiger partial charge is 0.312 e. The number of anilines is 1. The van der Waals surface area contributed by atoms with Crippen LogP contribution in [-0.4, -0.2) is 18.6 Å². The van der Waals surface area contributed by atoms with Gasteiger partial charge >= 0.3 is 0 Å². The Bertz CT molecular complexity index is 776. The van der Waals surface area contributed by atoms with E-state index < -0.39 is 11.2 Å². The second kappa shape index (κ2) is 6.28. The Balaban J connectivity index is 2.06. The van der Waals surface area contributed by atoms with Gasteiger partial charge in [0.05, 0.1) is 11.3 Å². The van der Waals surface area contributed by atoms with Crippen LogP contribution in [0.5, 0.6) is 0 Å². The molecule has 0 fully saturated rings. The molecule has 4 nitrogen and oxygen atoms in total. The number of carbonyl (C=O) groups excluding carboxylic acids is 1. The first kappa shape index (κ1) is 17.6. The van der Waals surface area contributed by atoms with E-state index in [0.29, 0.717) is 6.42 Å². The SMILES string of the molecule is Cc1ccc(CC2(OOC(C)(C)C)C(=O)N(C)c3ccccc32)cc1. The van der Waals surface area contributed by atoms with E-state index in [1.807, 2.05) is 76.2 Å². The number of rotatable bonds is 4. The molecule has 0 bridgehead atoms. The van der Waals surface area contributed by atoms with Crippen LogP contribution in [0.1, 0.15) is 37.5 Å². The van der Waals surface area contributed by atoms with E-state index in [2.05, 4.69) is 0 Å². The van der Waals surface area contributed by atoms with Gasteiger partial charge in [-0.2, -0.15) is 0 Å². The zero-order valence-electron chi connectivity index (χ0n) is 15.5. The Morgan fingerprint density at radius 1 is 1.04 bits per heavy atom. The molecular formula is C21H25NO3. The Labute approximate surface area is 149 Å². The van der Waals surface area contributed by atoms with E-state index in [0.717, 1.165) is 16.8 Å². The lowest BCUT2D eigenvalue weighted by Crippen LogP contribution is -2.44. The number of hydrogen-bond donors (Lipinski definition) is 0. The highest BCUT2D eigenvalue weighted by molar-refractivity contribution is 6.06. The van der Waals surface area contributed by atoms with Gasteiger partial charge < -0.3 is 4.90 Å². The zero-order valence-corrected chi connectivity index (χ0v) is 15.5. The Morgan fingerprint density at radius 3 is 2.32 bits per heavy atom. The molecule has 0 aromatic heterocycles. The van der Waals surface area contributed by atoms with Crippen LogP contribution >= 0.6 is 0 Å². The minimum Gasteiger partial charge on any atom is -0.312 e. The third-order valence-electron chi connectivity index (χ3n) is 4.36. The van der Waals surface area contributed by atoms with E-state index in [1.165, 1.54) is 5.56 Å². The van der Waals surface area contributed by atoms with Gasteiger partial charge in [-0.15, -0.1) is 0 Å². The van der Waals surface area contributed by atoms with Crippen LogP contribution in [-0.2, 0) is 26.6 Å². The van der Waals surface area contributed by atoms with Gasteiger partial charge in [-0.3, -0.25) is 4.79 Å². The van der Waals surface area contributed by atoms with Crippen molar-refractivity contribution in [1.82, 2.24) is 0 Å². The average Bonchev–Trinajstić information content (AvgIpc) is 2.78. The fourth-order valence-corrected chi connectivity index (χ4v) is 3.07. The van der Waals surface area contributed by atoms with Crippen molar-refractivity contribution < 1.29 is 14.6 Å². The molecule has 0 N–H and O–H groups in total. The molecule has 2 aromatic carbocycles. The summed E-state index contributed by atoms with van der Waals surface area (Å²) in [6.45, 7) is 7.76. The Kier molecular flexibility index (Phi) is 4.43. The molecular weight excluding hydrogens is 314 g/mol. The highest BCUT2D eigenvalue weighted by Crippen LogP contribution is 2.44. The number of carbonyl (C=O) groups is 1. The molecule has 1 heterocycles. The van der Waals surface area contributed by atoms with E-state index in [9.17, 15) is 4.79 Å². The standard InChI is InChI=1S/C21H25NO3/c1-15-10-12-16(13-11-15)14-21(25-24-20(2,3)4)17-8-6-7-9-18(17)22(5)19(21)23/h6-13H,14H2,1-5H3. The molecule has 132 valence electrons. The van der Waals surface area contributed by atoms with E-state index >= 15 is 0 Å². The first-order valence-corrected chi connectivity index (χ1v) is 8.53. The third-order valence-corrected chi connectivity index (χ3v) is 4.36. The predicted octanol–water partition coefficient (Wildman–Crippen LogP) is 4.16. The molecule has 1 amide bonds. The van der Waals surface area contributed by atoms with Crippen LogP contribution in [0.25, 0.3) is 0 Å². The van der Waals surface area contributed by atoms with Gasteiger partial charge in [-0.25, -0.2) is 9.78 Å². The van der Waals surface area contributed by atoms with Gasteiger partial charge in [0.15, 0.2) is 0 Å². The van der Waals surface area contributed by atoms with E-state index in [-0.39, 0.29) is 5.91 Å². The Morgan fingerprint density at radius 2 is 1.68 bits per heavy atom. The molecule has 1 atom stereocenters. The van der Waals surface area contributed by atoms with Crippen molar-refractivity contribution in [1.29, 1.82) is 0 Å². The summed E-state index contributed by atoms with van der Waals surface area (Å²) >= 11 is 0. The molecule has 0 spiro atoms. The topological polar surface area (TPSA) is 38.8 Å². The van der Waals surface area contributed by atoms with Crippen LogP contribution < -0.4 is 4.90 Å². The van der Waals surface area contributed by atoms with Crippen LogP contribution in [0.15, 0.2) is 48.5 Å². The summed E-state index contributed by atoms with van der Waals surface area (Å²) < 4.78 is 0. The molecule has 1 aliphatic heterocycles. The lowest BCUT2D eigenvalue weighted by Gasteiger charge is -2.30. The monoisotopic (exact) mass is 339 g/mol. The summed E-state index contributed by atoms with van der Waals surface area (Å²) in [5.41, 5.74) is 2.22. The zero-order chi connectivity index (χ0) is 18.2. The van der Waals surface area contributed by atoms with Crippen molar-refractivity contribution in [2.45, 2.75) is 45.3 Å². The van der Waals surface area contributed by atoms with Gasteiger partial charge in [0, 0.05) is 19.0 Å². The second-order valence-corrected chi connectivity index (χ2v) is 7.65. The fraction of sp³-hybridized carbons (Fsp3) is 0.381. The lowest BCUT2D eigenvalue weighted by atomic mass is 9.88. The fourth-order valence-electron chi connectivity index (χ4n) is 3.07. The first-order chi connectivity index (χ1) is 11.7. The summed E-state index contributed by atoms with van der Waals surface area (Å²) in [7, 11) is 1.78. The number of aryl methyl sites for hydroxylation is 1. The van der Waals surface area contributed by atoms with Gasteiger partial charge in [0.2, 0.25) is 5.60 Å². The molecule has 0 radical (unpaired) electrons. The lowest BCUT2D eigenvalue weighted by molar-refractivity contribution is -0.396. The molecule has 3 rings (SSSR count). The van der Waals surface area contributed by atoms with Crippen molar-refractivity contribution in [3.8, 4) is 0 Å². The van der Waals surface area contributed by atoms with Crippen molar-refractivity contribution in [3.63, 3.8) is 0 Å². The third kappa shape index (κ3) is 3.32. The van der Waals surface area contributed by atoms with E-state index in [4.69, 9.17) is 9.78 Å². The van der Waals surface area contributed by atoms with Crippen LogP contribution in [0.3, 0.4) is 0 Å². The maximum Gasteiger partial charge on any atom is 0.267 e. The van der Waals surface area contributed by atoms with Crippen LogP contribution in [0.4, 0.5) is 5.69 Å². The number of nitrogens with zero attached hydrogens (tertiary/aromatic N) is 1. The highest BCUT2D eigenvalue weighted by atomic mass is 17.2. The minimum absolute atomic E-state index is 0.112. The van der Waals surface area contributed by atoms with E-state index in [1.54, 1.807) is 11.9 Å². The van der Waals surface area contributed by atoms with Crippen molar-refractivity contribution >= 4 is 11.6 Å². The van der Waals surface area contributed by atoms with Gasteiger partial charge in [0.25, 0.3) is 5.91 Å². The van der Waals surface area contributed by atoms with Crippen LogP contribution in [0, 0.1) is 6.92 Å². The number of benzene rings is 2. The normalized spacial score (nSPS) is 20.0. The first-order valence-electron chi connectivity index (χ1n) is 8.53. The smallest absolute Gasteiger partial charge is 0.267 e. The Hall–Kier alpha value is -2.17.